The van der Waals surface area contributed by atoms with Crippen LogP contribution in [0.25, 0.3) is 0 Å². The monoisotopic (exact) mass is 257 g/mol. The van der Waals surface area contributed by atoms with E-state index in [4.69, 9.17) is 9.47 Å². The molecule has 1 aromatic rings. The first-order valence-electron chi connectivity index (χ1n) is 7.08. The maximum absolute atomic E-state index is 9.23. The Bertz CT molecular complexity index is 514. The number of nitrogens with zero attached hydrogens (tertiary/aromatic N) is 1. The number of hydrogen-bond acceptors (Lipinski definition) is 3. The van der Waals surface area contributed by atoms with E-state index in [9.17, 15) is 5.26 Å². The molecule has 2 aliphatic rings. The summed E-state index contributed by atoms with van der Waals surface area (Å²) in [6, 6.07) is 8.15. The van der Waals surface area contributed by atoms with Gasteiger partial charge in [-0.2, -0.15) is 5.26 Å². The van der Waals surface area contributed by atoms with Crippen LogP contribution in [0, 0.1) is 11.3 Å². The van der Waals surface area contributed by atoms with Gasteiger partial charge in [-0.15, -0.1) is 0 Å². The van der Waals surface area contributed by atoms with Crippen LogP contribution in [-0.4, -0.2) is 18.3 Å². The Kier molecular flexibility index (Phi) is 3.20. The molecular formula is C16H19NO2. The molecule has 0 bridgehead atoms. The maximum atomic E-state index is 9.23. The molecule has 1 saturated heterocycles. The number of nitriles is 1. The summed E-state index contributed by atoms with van der Waals surface area (Å²) in [4.78, 5) is 0. The van der Waals surface area contributed by atoms with Gasteiger partial charge in [0.25, 0.3) is 0 Å². The highest BCUT2D eigenvalue weighted by molar-refractivity contribution is 5.45. The Morgan fingerprint density at radius 2 is 2.32 bits per heavy atom. The van der Waals surface area contributed by atoms with Crippen molar-refractivity contribution in [2.45, 2.75) is 50.7 Å². The zero-order valence-corrected chi connectivity index (χ0v) is 11.3. The molecule has 1 atom stereocenters. The van der Waals surface area contributed by atoms with Crippen molar-refractivity contribution in [2.75, 3.05) is 6.61 Å². The van der Waals surface area contributed by atoms with E-state index in [2.05, 4.69) is 13.0 Å². The predicted octanol–water partition coefficient (Wildman–Crippen LogP) is 3.21. The van der Waals surface area contributed by atoms with Gasteiger partial charge < -0.3 is 9.47 Å². The van der Waals surface area contributed by atoms with Gasteiger partial charge in [0.2, 0.25) is 0 Å². The number of hydrogen-bond donors (Lipinski definition) is 0. The van der Waals surface area contributed by atoms with E-state index in [0.29, 0.717) is 5.56 Å². The summed E-state index contributed by atoms with van der Waals surface area (Å²) in [6.45, 7) is 2.87. The molecule has 1 aliphatic heterocycles. The molecule has 0 N–H and O–H groups in total. The summed E-state index contributed by atoms with van der Waals surface area (Å²) in [5.41, 5.74) is 1.93. The molecule has 3 rings (SSSR count). The van der Waals surface area contributed by atoms with Crippen molar-refractivity contribution in [3.05, 3.63) is 29.3 Å². The molecule has 100 valence electrons. The Morgan fingerprint density at radius 3 is 3.00 bits per heavy atom. The maximum Gasteiger partial charge on any atom is 0.137 e. The smallest absolute Gasteiger partial charge is 0.137 e. The van der Waals surface area contributed by atoms with Crippen LogP contribution in [0.5, 0.6) is 5.75 Å². The van der Waals surface area contributed by atoms with Crippen molar-refractivity contribution in [1.82, 2.24) is 0 Å². The number of rotatable bonds is 3. The molecular weight excluding hydrogens is 238 g/mol. The average molecular weight is 257 g/mol. The van der Waals surface area contributed by atoms with E-state index in [1.165, 1.54) is 5.56 Å². The number of ether oxygens (including phenoxy) is 2. The zero-order chi connectivity index (χ0) is 13.3. The molecule has 0 radical (unpaired) electrons. The Hall–Kier alpha value is -1.53. The number of benzene rings is 1. The summed E-state index contributed by atoms with van der Waals surface area (Å²) in [5.74, 6) is 0.724. The molecule has 0 aromatic heterocycles. The average Bonchev–Trinajstić information content (AvgIpc) is 3.18. The van der Waals surface area contributed by atoms with Gasteiger partial charge in [-0.05, 0) is 37.0 Å². The minimum atomic E-state index is 0.110. The predicted molar refractivity (Wildman–Crippen MR) is 72.1 cm³/mol. The van der Waals surface area contributed by atoms with Crippen molar-refractivity contribution in [1.29, 1.82) is 5.26 Å². The Labute approximate surface area is 114 Å². The Morgan fingerprint density at radius 1 is 1.47 bits per heavy atom. The topological polar surface area (TPSA) is 42.2 Å². The summed E-state index contributed by atoms with van der Waals surface area (Å²) in [6.07, 6.45) is 5.33. The van der Waals surface area contributed by atoms with Crippen LogP contribution in [-0.2, 0) is 11.2 Å². The van der Waals surface area contributed by atoms with Crippen molar-refractivity contribution in [3.8, 4) is 11.8 Å². The van der Waals surface area contributed by atoms with Crippen LogP contribution in [0.1, 0.15) is 43.7 Å². The molecule has 1 aliphatic carbocycles. The molecule has 3 heteroatoms. The molecule has 3 nitrogen and oxygen atoms in total. The fourth-order valence-electron chi connectivity index (χ4n) is 2.74. The summed E-state index contributed by atoms with van der Waals surface area (Å²) in [7, 11) is 0. The molecule has 1 heterocycles. The molecule has 19 heavy (non-hydrogen) atoms. The molecule has 1 aromatic carbocycles. The van der Waals surface area contributed by atoms with Crippen molar-refractivity contribution in [2.24, 2.45) is 0 Å². The van der Waals surface area contributed by atoms with Crippen LogP contribution >= 0.6 is 0 Å². The highest BCUT2D eigenvalue weighted by atomic mass is 16.5. The minimum Gasteiger partial charge on any atom is -0.489 e. The summed E-state index contributed by atoms with van der Waals surface area (Å²) in [5, 5.41) is 9.23. The van der Waals surface area contributed by atoms with Gasteiger partial charge in [-0.25, -0.2) is 0 Å². The lowest BCUT2D eigenvalue weighted by molar-refractivity contribution is -0.0513. The van der Waals surface area contributed by atoms with Gasteiger partial charge in [-0.1, -0.05) is 13.0 Å². The van der Waals surface area contributed by atoms with Gasteiger partial charge in [0.05, 0.1) is 17.8 Å². The Balaban J connectivity index is 1.74. The third-order valence-corrected chi connectivity index (χ3v) is 4.12. The molecule has 2 fully saturated rings. The second-order valence-corrected chi connectivity index (χ2v) is 5.56. The standard InChI is InChI=1S/C16H19NO2/c1-2-12-3-4-15(13(9-12)11-17)19-14-5-8-18-16(10-14)6-7-16/h3-4,9,14H,2,5-8,10H2,1H3. The molecule has 0 amide bonds. The van der Waals surface area contributed by atoms with Gasteiger partial charge in [0.15, 0.2) is 0 Å². The minimum absolute atomic E-state index is 0.110. The quantitative estimate of drug-likeness (QED) is 0.835. The van der Waals surface area contributed by atoms with Crippen LogP contribution in [0.3, 0.4) is 0 Å². The van der Waals surface area contributed by atoms with Gasteiger partial charge in [0.1, 0.15) is 17.9 Å². The third-order valence-electron chi connectivity index (χ3n) is 4.12. The van der Waals surface area contributed by atoms with Gasteiger partial charge in [0, 0.05) is 12.8 Å². The second-order valence-electron chi connectivity index (χ2n) is 5.56. The SMILES string of the molecule is CCc1ccc(OC2CCOC3(CC3)C2)c(C#N)c1. The first-order valence-corrected chi connectivity index (χ1v) is 7.08. The summed E-state index contributed by atoms with van der Waals surface area (Å²) < 4.78 is 11.8. The van der Waals surface area contributed by atoms with Crippen molar-refractivity contribution in [3.63, 3.8) is 0 Å². The highest BCUT2D eigenvalue weighted by Crippen LogP contribution is 2.47. The van der Waals surface area contributed by atoms with Gasteiger partial charge >= 0.3 is 0 Å². The van der Waals surface area contributed by atoms with E-state index in [1.807, 2.05) is 18.2 Å². The largest absolute Gasteiger partial charge is 0.489 e. The van der Waals surface area contributed by atoms with Crippen molar-refractivity contribution >= 4 is 0 Å². The fraction of sp³-hybridized carbons (Fsp3) is 0.562. The lowest BCUT2D eigenvalue weighted by atomic mass is 10.0. The first-order chi connectivity index (χ1) is 9.24. The van der Waals surface area contributed by atoms with Crippen LogP contribution in [0.15, 0.2) is 18.2 Å². The zero-order valence-electron chi connectivity index (χ0n) is 11.3. The third kappa shape index (κ3) is 2.59. The van der Waals surface area contributed by atoms with Gasteiger partial charge in [-0.3, -0.25) is 0 Å². The van der Waals surface area contributed by atoms with Crippen LogP contribution < -0.4 is 4.74 Å². The van der Waals surface area contributed by atoms with Crippen molar-refractivity contribution < 1.29 is 9.47 Å². The molecule has 1 unspecified atom stereocenters. The molecule has 1 saturated carbocycles. The lowest BCUT2D eigenvalue weighted by Gasteiger charge is -2.30. The highest BCUT2D eigenvalue weighted by Gasteiger charge is 2.48. The van der Waals surface area contributed by atoms with E-state index < -0.39 is 0 Å². The molecule has 1 spiro atoms. The first kappa shape index (κ1) is 12.5. The second kappa shape index (κ2) is 4.86. The van der Waals surface area contributed by atoms with Crippen LogP contribution in [0.2, 0.25) is 0 Å². The number of aryl methyl sites for hydroxylation is 1. The van der Waals surface area contributed by atoms with E-state index >= 15 is 0 Å². The summed E-state index contributed by atoms with van der Waals surface area (Å²) >= 11 is 0. The van der Waals surface area contributed by atoms with Crippen LogP contribution in [0.4, 0.5) is 0 Å². The normalized spacial score (nSPS) is 23.9. The fourth-order valence-corrected chi connectivity index (χ4v) is 2.74. The lowest BCUT2D eigenvalue weighted by Crippen LogP contribution is -2.34. The van der Waals surface area contributed by atoms with E-state index in [0.717, 1.165) is 44.5 Å². The van der Waals surface area contributed by atoms with E-state index in [-0.39, 0.29) is 11.7 Å². The van der Waals surface area contributed by atoms with E-state index in [1.54, 1.807) is 0 Å².